The Bertz CT molecular complexity index is 1280. The van der Waals surface area contributed by atoms with E-state index in [4.69, 9.17) is 4.42 Å². The minimum Gasteiger partial charge on any atom is -0.507 e. The molecule has 1 aliphatic rings. The van der Waals surface area contributed by atoms with Crippen LogP contribution in [0.25, 0.3) is 5.76 Å². The van der Waals surface area contributed by atoms with Crippen LogP contribution in [-0.2, 0) is 21.5 Å². The summed E-state index contributed by atoms with van der Waals surface area (Å²) < 4.78 is 5.39. The van der Waals surface area contributed by atoms with Crippen molar-refractivity contribution in [3.8, 4) is 0 Å². The van der Waals surface area contributed by atoms with Gasteiger partial charge in [-0.05, 0) is 28.7 Å². The van der Waals surface area contributed by atoms with Gasteiger partial charge in [-0.3, -0.25) is 19.7 Å². The molecule has 1 aromatic heterocycles. The quantitative estimate of drug-likeness (QED) is 0.186. The average molecular weight is 460 g/mol. The molecule has 1 atom stereocenters. The average Bonchev–Trinajstić information content (AvgIpc) is 3.40. The highest BCUT2D eigenvalue weighted by atomic mass is 16.6. The van der Waals surface area contributed by atoms with E-state index in [2.05, 4.69) is 20.8 Å². The van der Waals surface area contributed by atoms with Crippen LogP contribution in [0.3, 0.4) is 0 Å². The number of Topliss-reactive ketones (excluding diaryl/α,β-unsaturated/α-hetero) is 1. The molecule has 34 heavy (non-hydrogen) atoms. The topological polar surface area (TPSA) is 114 Å². The van der Waals surface area contributed by atoms with E-state index in [9.17, 15) is 24.8 Å². The lowest BCUT2D eigenvalue weighted by Gasteiger charge is -2.26. The molecule has 1 amide bonds. The van der Waals surface area contributed by atoms with Crippen molar-refractivity contribution in [3.05, 3.63) is 105 Å². The van der Waals surface area contributed by atoms with Crippen LogP contribution in [0.4, 0.5) is 5.69 Å². The molecule has 8 nitrogen and oxygen atoms in total. The molecule has 2 aromatic carbocycles. The van der Waals surface area contributed by atoms with Gasteiger partial charge in [0.2, 0.25) is 0 Å². The van der Waals surface area contributed by atoms with Crippen molar-refractivity contribution in [1.29, 1.82) is 0 Å². The van der Waals surface area contributed by atoms with E-state index in [1.165, 1.54) is 35.4 Å². The summed E-state index contributed by atoms with van der Waals surface area (Å²) in [6.45, 7) is 6.25. The van der Waals surface area contributed by atoms with Crippen molar-refractivity contribution in [2.45, 2.75) is 38.8 Å². The normalized spacial score (nSPS) is 17.9. The van der Waals surface area contributed by atoms with E-state index in [1.807, 2.05) is 24.3 Å². The highest BCUT2D eigenvalue weighted by Crippen LogP contribution is 2.41. The molecule has 0 spiro atoms. The largest absolute Gasteiger partial charge is 0.507 e. The number of non-ortho nitro benzene ring substituents is 1. The molecule has 2 heterocycles. The molecule has 8 heteroatoms. The predicted octanol–water partition coefficient (Wildman–Crippen LogP) is 5.11. The molecule has 1 N–H and O–H groups in total. The molecule has 174 valence electrons. The minimum atomic E-state index is -0.890. The molecule has 1 unspecified atom stereocenters. The molecule has 0 radical (unpaired) electrons. The molecule has 0 aliphatic carbocycles. The number of hydrogen-bond donors (Lipinski definition) is 1. The summed E-state index contributed by atoms with van der Waals surface area (Å²) in [5.41, 5.74) is 1.32. The Morgan fingerprint density at radius 1 is 1.09 bits per heavy atom. The lowest BCUT2D eigenvalue weighted by atomic mass is 9.85. The summed E-state index contributed by atoms with van der Waals surface area (Å²) in [7, 11) is 0. The third kappa shape index (κ3) is 4.22. The van der Waals surface area contributed by atoms with Gasteiger partial charge in [0.1, 0.15) is 11.5 Å². The number of carbonyl (C=O) groups is 2. The first-order chi connectivity index (χ1) is 16.1. The number of ketones is 1. The van der Waals surface area contributed by atoms with Crippen LogP contribution < -0.4 is 0 Å². The Balaban J connectivity index is 1.87. The van der Waals surface area contributed by atoms with Crippen molar-refractivity contribution in [3.63, 3.8) is 0 Å². The Morgan fingerprint density at radius 2 is 1.79 bits per heavy atom. The predicted molar refractivity (Wildman–Crippen MR) is 125 cm³/mol. The molecule has 1 aliphatic heterocycles. The first kappa shape index (κ1) is 23.0. The van der Waals surface area contributed by atoms with Gasteiger partial charge >= 0.3 is 0 Å². The van der Waals surface area contributed by atoms with E-state index in [1.54, 1.807) is 12.1 Å². The van der Waals surface area contributed by atoms with Gasteiger partial charge in [-0.25, -0.2) is 0 Å². The molecule has 0 bridgehead atoms. The van der Waals surface area contributed by atoms with Gasteiger partial charge in [-0.1, -0.05) is 57.2 Å². The first-order valence-corrected chi connectivity index (χ1v) is 10.7. The number of likely N-dealkylation sites (tertiary alicyclic amines) is 1. The van der Waals surface area contributed by atoms with Crippen LogP contribution in [0.15, 0.2) is 76.9 Å². The highest BCUT2D eigenvalue weighted by molar-refractivity contribution is 6.46. The number of benzene rings is 2. The Kier molecular flexibility index (Phi) is 5.83. The van der Waals surface area contributed by atoms with Crippen molar-refractivity contribution in [1.82, 2.24) is 4.90 Å². The number of carbonyl (C=O) groups excluding carboxylic acids is 2. The van der Waals surface area contributed by atoms with Gasteiger partial charge in [-0.2, -0.15) is 0 Å². The molecule has 3 aromatic rings. The van der Waals surface area contributed by atoms with Crippen LogP contribution in [0.2, 0.25) is 0 Å². The second-order valence-electron chi connectivity index (χ2n) is 9.19. The fourth-order valence-corrected chi connectivity index (χ4v) is 4.05. The van der Waals surface area contributed by atoms with E-state index in [0.29, 0.717) is 11.3 Å². The Morgan fingerprint density at radius 3 is 2.38 bits per heavy atom. The summed E-state index contributed by atoms with van der Waals surface area (Å²) in [4.78, 5) is 38.1. The fraction of sp³-hybridized carbons (Fsp3) is 0.231. The van der Waals surface area contributed by atoms with E-state index in [0.717, 1.165) is 5.56 Å². The maximum absolute atomic E-state index is 13.1. The van der Waals surface area contributed by atoms with Gasteiger partial charge in [0, 0.05) is 17.7 Å². The third-order valence-electron chi connectivity index (χ3n) is 5.87. The van der Waals surface area contributed by atoms with E-state index >= 15 is 0 Å². The van der Waals surface area contributed by atoms with Crippen molar-refractivity contribution in [2.24, 2.45) is 0 Å². The number of amides is 1. The summed E-state index contributed by atoms with van der Waals surface area (Å²) in [5.74, 6) is -1.63. The standard InChI is InChI=1S/C26H24N2O6/c1-26(2,3)18-11-9-16(10-12-18)22-21(23(29)17-6-4-7-19(14-17)28(32)33)24(30)25(31)27(22)15-20-8-5-13-34-20/h4-14,22,29H,15H2,1-3H3/b23-21+. The molecular formula is C26H24N2O6. The first-order valence-electron chi connectivity index (χ1n) is 10.7. The van der Waals surface area contributed by atoms with Crippen molar-refractivity contribution in [2.75, 3.05) is 0 Å². The zero-order valence-electron chi connectivity index (χ0n) is 19.0. The zero-order chi connectivity index (χ0) is 24.6. The molecule has 1 fully saturated rings. The van der Waals surface area contributed by atoms with Crippen LogP contribution in [-0.4, -0.2) is 26.6 Å². The third-order valence-corrected chi connectivity index (χ3v) is 5.87. The van der Waals surface area contributed by atoms with Crippen LogP contribution in [0.1, 0.15) is 49.3 Å². The van der Waals surface area contributed by atoms with Gasteiger partial charge < -0.3 is 14.4 Å². The lowest BCUT2D eigenvalue weighted by molar-refractivity contribution is -0.384. The smallest absolute Gasteiger partial charge is 0.296 e. The number of nitrogens with zero attached hydrogens (tertiary/aromatic N) is 2. The number of nitro benzene ring substituents is 1. The number of furan rings is 1. The number of hydrogen-bond acceptors (Lipinski definition) is 6. The van der Waals surface area contributed by atoms with Gasteiger partial charge in [0.05, 0.1) is 29.3 Å². The number of nitro groups is 1. The lowest BCUT2D eigenvalue weighted by Crippen LogP contribution is -2.29. The van der Waals surface area contributed by atoms with Crippen LogP contribution >= 0.6 is 0 Å². The Labute approximate surface area is 196 Å². The van der Waals surface area contributed by atoms with Gasteiger partial charge in [0.25, 0.3) is 17.4 Å². The van der Waals surface area contributed by atoms with Crippen molar-refractivity contribution >= 4 is 23.1 Å². The fourth-order valence-electron chi connectivity index (χ4n) is 4.05. The van der Waals surface area contributed by atoms with Crippen molar-refractivity contribution < 1.29 is 24.0 Å². The monoisotopic (exact) mass is 460 g/mol. The molecule has 1 saturated heterocycles. The second kappa shape index (κ2) is 8.62. The SMILES string of the molecule is CC(C)(C)c1ccc(C2/C(=C(\O)c3cccc([N+](=O)[O-])c3)C(=O)C(=O)N2Cc2ccco2)cc1. The summed E-state index contributed by atoms with van der Waals surface area (Å²) in [6, 6.07) is 15.3. The number of aliphatic hydroxyl groups excluding tert-OH is 1. The zero-order valence-corrected chi connectivity index (χ0v) is 19.0. The molecular weight excluding hydrogens is 436 g/mol. The number of aliphatic hydroxyl groups is 1. The van der Waals surface area contributed by atoms with Crippen LogP contribution in [0, 0.1) is 10.1 Å². The molecule has 0 saturated carbocycles. The van der Waals surface area contributed by atoms with Crippen LogP contribution in [0.5, 0.6) is 0 Å². The van der Waals surface area contributed by atoms with Gasteiger partial charge in [-0.15, -0.1) is 0 Å². The second-order valence-corrected chi connectivity index (χ2v) is 9.19. The van der Waals surface area contributed by atoms with Gasteiger partial charge in [0.15, 0.2) is 0 Å². The van der Waals surface area contributed by atoms with E-state index in [-0.39, 0.29) is 28.8 Å². The van der Waals surface area contributed by atoms with E-state index < -0.39 is 28.4 Å². The maximum atomic E-state index is 13.1. The summed E-state index contributed by atoms with van der Waals surface area (Å²) >= 11 is 0. The Hall–Kier alpha value is -4.20. The number of rotatable bonds is 5. The minimum absolute atomic E-state index is 0.0228. The molecule has 4 rings (SSSR count). The maximum Gasteiger partial charge on any atom is 0.296 e. The summed E-state index contributed by atoms with van der Waals surface area (Å²) in [6.07, 6.45) is 1.47. The summed E-state index contributed by atoms with van der Waals surface area (Å²) in [5, 5.41) is 22.3. The highest BCUT2D eigenvalue weighted by Gasteiger charge is 2.46.